The summed E-state index contributed by atoms with van der Waals surface area (Å²) < 4.78 is 0. The topological polar surface area (TPSA) is 25.8 Å². The summed E-state index contributed by atoms with van der Waals surface area (Å²) in [7, 11) is 0. The van der Waals surface area contributed by atoms with Crippen molar-refractivity contribution in [3.8, 4) is 55.9 Å². The van der Waals surface area contributed by atoms with Crippen LogP contribution in [0.2, 0.25) is 0 Å². The monoisotopic (exact) mass is 610 g/mol. The summed E-state index contributed by atoms with van der Waals surface area (Å²) >= 11 is 0. The van der Waals surface area contributed by atoms with Crippen LogP contribution in [0, 0.1) is 0 Å². The number of aromatic nitrogens is 2. The largest absolute Gasteiger partial charge is 0.248 e. The maximum atomic E-state index is 5.30. The molecule has 0 N–H and O–H groups in total. The fourth-order valence-corrected chi connectivity index (χ4v) is 6.91. The zero-order chi connectivity index (χ0) is 31.9. The molecule has 0 fully saturated rings. The van der Waals surface area contributed by atoms with Gasteiger partial charge in [-0.15, -0.1) is 0 Å². The van der Waals surface area contributed by atoms with Gasteiger partial charge in [0.25, 0.3) is 0 Å². The molecule has 2 aromatic heterocycles. The van der Waals surface area contributed by atoms with Gasteiger partial charge in [0, 0.05) is 27.3 Å². The summed E-state index contributed by atoms with van der Waals surface area (Å²) in [5.74, 6) is 0. The average Bonchev–Trinajstić information content (AvgIpc) is 3.18. The maximum absolute atomic E-state index is 5.30. The van der Waals surface area contributed by atoms with Crippen molar-refractivity contribution >= 4 is 32.6 Å². The minimum Gasteiger partial charge on any atom is -0.248 e. The molecule has 2 nitrogen and oxygen atoms in total. The van der Waals surface area contributed by atoms with E-state index in [0.29, 0.717) is 0 Å². The fourth-order valence-electron chi connectivity index (χ4n) is 6.91. The Morgan fingerprint density at radius 2 is 0.688 bits per heavy atom. The van der Waals surface area contributed by atoms with Crippen LogP contribution in [0.15, 0.2) is 182 Å². The maximum Gasteiger partial charge on any atom is 0.0794 e. The van der Waals surface area contributed by atoms with Crippen molar-refractivity contribution in [1.82, 2.24) is 9.97 Å². The van der Waals surface area contributed by atoms with Gasteiger partial charge in [0.05, 0.1) is 22.4 Å². The van der Waals surface area contributed by atoms with Crippen LogP contribution < -0.4 is 0 Å². The molecule has 224 valence electrons. The molecule has 0 aliphatic heterocycles. The Morgan fingerprint density at radius 1 is 0.271 bits per heavy atom. The van der Waals surface area contributed by atoms with E-state index in [1.165, 1.54) is 33.2 Å². The molecule has 0 radical (unpaired) electrons. The zero-order valence-electron chi connectivity index (χ0n) is 26.2. The summed E-state index contributed by atoms with van der Waals surface area (Å²) in [6.45, 7) is 0. The first-order chi connectivity index (χ1) is 23.8. The predicted molar refractivity (Wildman–Crippen MR) is 202 cm³/mol. The van der Waals surface area contributed by atoms with Gasteiger partial charge < -0.3 is 0 Å². The quantitative estimate of drug-likeness (QED) is 0.181. The third-order valence-corrected chi connectivity index (χ3v) is 9.27. The summed E-state index contributed by atoms with van der Waals surface area (Å²) in [6.07, 6.45) is 0. The second-order valence-electron chi connectivity index (χ2n) is 12.2. The van der Waals surface area contributed by atoms with Crippen LogP contribution in [-0.4, -0.2) is 9.97 Å². The minimum absolute atomic E-state index is 0.964. The summed E-state index contributed by atoms with van der Waals surface area (Å²) in [5, 5.41) is 4.63. The number of nitrogens with zero attached hydrogens (tertiary/aromatic N) is 2. The van der Waals surface area contributed by atoms with Gasteiger partial charge >= 0.3 is 0 Å². The van der Waals surface area contributed by atoms with Crippen LogP contribution in [0.5, 0.6) is 0 Å². The van der Waals surface area contributed by atoms with Gasteiger partial charge in [-0.2, -0.15) is 0 Å². The van der Waals surface area contributed by atoms with Gasteiger partial charge in [-0.05, 0) is 63.0 Å². The van der Waals surface area contributed by atoms with Crippen LogP contribution in [-0.2, 0) is 0 Å². The highest BCUT2D eigenvalue weighted by atomic mass is 14.7. The standard InChI is InChI=1S/C46H30N2/c1-4-14-31(15-5-1)40-29-44(47-43-23-13-12-21-37(40)43)35-26-24-33(25-27-35)39-28-42-41(32-16-6-2-7-17-32)30-45(34-18-8-3-9-19-34)48-46(42)38-22-11-10-20-36(38)39/h1-30H. The fraction of sp³-hybridized carbons (Fsp3) is 0. The van der Waals surface area contributed by atoms with E-state index in [9.17, 15) is 0 Å². The van der Waals surface area contributed by atoms with E-state index in [0.717, 1.165) is 55.3 Å². The molecule has 0 aliphatic rings. The molecule has 7 aromatic carbocycles. The molecule has 2 heteroatoms. The molecule has 0 amide bonds. The molecular weight excluding hydrogens is 581 g/mol. The van der Waals surface area contributed by atoms with Crippen LogP contribution in [0.1, 0.15) is 0 Å². The molecule has 48 heavy (non-hydrogen) atoms. The van der Waals surface area contributed by atoms with Gasteiger partial charge in [-0.25, -0.2) is 9.97 Å². The molecule has 2 heterocycles. The normalized spacial score (nSPS) is 11.3. The first kappa shape index (κ1) is 27.9. The molecule has 0 saturated heterocycles. The Kier molecular flexibility index (Phi) is 6.84. The second kappa shape index (κ2) is 11.8. The van der Waals surface area contributed by atoms with E-state index in [4.69, 9.17) is 9.97 Å². The molecule has 9 aromatic rings. The highest BCUT2D eigenvalue weighted by Gasteiger charge is 2.16. The van der Waals surface area contributed by atoms with Crippen molar-refractivity contribution < 1.29 is 0 Å². The SMILES string of the molecule is c1ccc(-c2cc(-c3ccccc3)c3cc(-c4ccc(-c5cc(-c6ccccc6)c6ccccc6n5)cc4)c4ccccc4c3n2)cc1. The number of hydrogen-bond donors (Lipinski definition) is 0. The summed E-state index contributed by atoms with van der Waals surface area (Å²) in [6, 6.07) is 64.4. The smallest absolute Gasteiger partial charge is 0.0794 e. The number of hydrogen-bond acceptors (Lipinski definition) is 2. The Labute approximate surface area is 279 Å². The van der Waals surface area contributed by atoms with E-state index < -0.39 is 0 Å². The number of rotatable bonds is 5. The lowest BCUT2D eigenvalue weighted by atomic mass is 9.90. The Hall–Kier alpha value is -6.38. The van der Waals surface area contributed by atoms with Crippen LogP contribution in [0.3, 0.4) is 0 Å². The molecule has 0 unspecified atom stereocenters. The molecule has 0 aliphatic carbocycles. The lowest BCUT2D eigenvalue weighted by Crippen LogP contribution is -1.93. The van der Waals surface area contributed by atoms with Gasteiger partial charge in [-0.1, -0.05) is 158 Å². The van der Waals surface area contributed by atoms with Crippen molar-refractivity contribution in [2.75, 3.05) is 0 Å². The lowest BCUT2D eigenvalue weighted by molar-refractivity contribution is 1.40. The highest BCUT2D eigenvalue weighted by molar-refractivity contribution is 6.16. The summed E-state index contributed by atoms with van der Waals surface area (Å²) in [5.41, 5.74) is 13.2. The Balaban J connectivity index is 1.22. The van der Waals surface area contributed by atoms with E-state index in [1.807, 2.05) is 6.07 Å². The Bertz CT molecular complexity index is 2570. The van der Waals surface area contributed by atoms with E-state index >= 15 is 0 Å². The van der Waals surface area contributed by atoms with Crippen LogP contribution in [0.4, 0.5) is 0 Å². The third-order valence-electron chi connectivity index (χ3n) is 9.27. The van der Waals surface area contributed by atoms with Gasteiger partial charge in [0.1, 0.15) is 0 Å². The van der Waals surface area contributed by atoms with Crippen molar-refractivity contribution in [2.45, 2.75) is 0 Å². The molecular formula is C46H30N2. The number of benzene rings is 7. The van der Waals surface area contributed by atoms with Crippen molar-refractivity contribution in [3.63, 3.8) is 0 Å². The van der Waals surface area contributed by atoms with Gasteiger partial charge in [0.15, 0.2) is 0 Å². The van der Waals surface area contributed by atoms with E-state index in [2.05, 4.69) is 176 Å². The van der Waals surface area contributed by atoms with Crippen LogP contribution >= 0.6 is 0 Å². The highest BCUT2D eigenvalue weighted by Crippen LogP contribution is 2.41. The number of para-hydroxylation sites is 1. The molecule has 0 saturated carbocycles. The first-order valence-electron chi connectivity index (χ1n) is 16.3. The molecule has 0 atom stereocenters. The molecule has 9 rings (SSSR count). The number of pyridine rings is 2. The average molecular weight is 611 g/mol. The molecule has 0 bridgehead atoms. The zero-order valence-corrected chi connectivity index (χ0v) is 26.2. The minimum atomic E-state index is 0.964. The summed E-state index contributed by atoms with van der Waals surface area (Å²) in [4.78, 5) is 10.4. The number of fused-ring (bicyclic) bond motifs is 4. The van der Waals surface area contributed by atoms with E-state index in [1.54, 1.807) is 0 Å². The van der Waals surface area contributed by atoms with E-state index in [-0.39, 0.29) is 0 Å². The first-order valence-corrected chi connectivity index (χ1v) is 16.3. The Morgan fingerprint density at radius 3 is 1.33 bits per heavy atom. The van der Waals surface area contributed by atoms with Crippen molar-refractivity contribution in [3.05, 3.63) is 182 Å². The van der Waals surface area contributed by atoms with Crippen molar-refractivity contribution in [2.24, 2.45) is 0 Å². The predicted octanol–water partition coefficient (Wildman–Crippen LogP) is 12.3. The van der Waals surface area contributed by atoms with Crippen molar-refractivity contribution in [1.29, 1.82) is 0 Å². The second-order valence-corrected chi connectivity index (χ2v) is 12.2. The van der Waals surface area contributed by atoms with Crippen LogP contribution in [0.25, 0.3) is 88.5 Å². The lowest BCUT2D eigenvalue weighted by Gasteiger charge is -2.16. The van der Waals surface area contributed by atoms with Gasteiger partial charge in [-0.3, -0.25) is 0 Å². The third kappa shape index (κ3) is 4.92. The van der Waals surface area contributed by atoms with Gasteiger partial charge in [0.2, 0.25) is 0 Å². The molecule has 0 spiro atoms.